The van der Waals surface area contributed by atoms with Crippen LogP contribution in [0.5, 0.6) is 0 Å². The molecular weight excluding hydrogens is 228 g/mol. The average Bonchev–Trinajstić information content (AvgIpc) is 2.68. The summed E-state index contributed by atoms with van der Waals surface area (Å²) in [6.07, 6.45) is 1.10. The van der Waals surface area contributed by atoms with Gasteiger partial charge < -0.3 is 14.7 Å². The van der Waals surface area contributed by atoms with Crippen LogP contribution in [0.3, 0.4) is 0 Å². The van der Waals surface area contributed by atoms with Gasteiger partial charge in [-0.2, -0.15) is 4.98 Å². The Hall–Kier alpha value is -2.04. The molecule has 2 heterocycles. The molecule has 0 saturated heterocycles. The van der Waals surface area contributed by atoms with E-state index < -0.39 is 0 Å². The standard InChI is InChI=1S/C13H16N4O/c1-10-15-13(18-16-10)9-17-8-4-7-14-11-5-2-3-6-12(11)17/h2-3,5-6,14H,4,7-9H2,1H3. The zero-order chi connectivity index (χ0) is 12.4. The molecule has 1 aliphatic rings. The van der Waals surface area contributed by atoms with E-state index in [4.69, 9.17) is 4.52 Å². The van der Waals surface area contributed by atoms with Crippen molar-refractivity contribution in [2.45, 2.75) is 19.9 Å². The molecule has 0 atom stereocenters. The molecule has 5 nitrogen and oxygen atoms in total. The smallest absolute Gasteiger partial charge is 0.246 e. The van der Waals surface area contributed by atoms with E-state index in [1.807, 2.05) is 13.0 Å². The van der Waals surface area contributed by atoms with Gasteiger partial charge in [0.25, 0.3) is 0 Å². The SMILES string of the molecule is Cc1noc(CN2CCCNc3ccccc32)n1. The van der Waals surface area contributed by atoms with Gasteiger partial charge in [-0.1, -0.05) is 17.3 Å². The molecule has 0 aliphatic carbocycles. The highest BCUT2D eigenvalue weighted by Crippen LogP contribution is 2.28. The number of hydrogen-bond acceptors (Lipinski definition) is 5. The maximum atomic E-state index is 5.20. The maximum absolute atomic E-state index is 5.20. The zero-order valence-corrected chi connectivity index (χ0v) is 10.4. The van der Waals surface area contributed by atoms with Crippen molar-refractivity contribution < 1.29 is 4.52 Å². The van der Waals surface area contributed by atoms with Gasteiger partial charge in [-0.05, 0) is 25.5 Å². The molecule has 1 aliphatic heterocycles. The molecule has 2 aromatic rings. The van der Waals surface area contributed by atoms with E-state index in [2.05, 4.69) is 38.6 Å². The van der Waals surface area contributed by atoms with Crippen molar-refractivity contribution in [3.63, 3.8) is 0 Å². The average molecular weight is 244 g/mol. The van der Waals surface area contributed by atoms with E-state index in [1.165, 1.54) is 11.4 Å². The first-order chi connectivity index (χ1) is 8.83. The molecule has 5 heteroatoms. The number of rotatable bonds is 2. The third-order valence-corrected chi connectivity index (χ3v) is 3.06. The van der Waals surface area contributed by atoms with Gasteiger partial charge in [0.1, 0.15) is 0 Å². The quantitative estimate of drug-likeness (QED) is 0.877. The van der Waals surface area contributed by atoms with Crippen LogP contribution in [0.2, 0.25) is 0 Å². The number of nitrogens with zero attached hydrogens (tertiary/aromatic N) is 3. The molecule has 0 amide bonds. The van der Waals surface area contributed by atoms with E-state index in [9.17, 15) is 0 Å². The number of hydrogen-bond donors (Lipinski definition) is 1. The van der Waals surface area contributed by atoms with Crippen LogP contribution in [0.1, 0.15) is 18.1 Å². The van der Waals surface area contributed by atoms with Gasteiger partial charge in [0.05, 0.1) is 17.9 Å². The number of nitrogens with one attached hydrogen (secondary N) is 1. The summed E-state index contributed by atoms with van der Waals surface area (Å²) in [5.74, 6) is 1.36. The van der Waals surface area contributed by atoms with Crippen LogP contribution in [0, 0.1) is 6.92 Å². The topological polar surface area (TPSA) is 54.2 Å². The minimum absolute atomic E-state index is 0.666. The molecule has 0 unspecified atom stereocenters. The van der Waals surface area contributed by atoms with E-state index in [0.29, 0.717) is 18.3 Å². The maximum Gasteiger partial charge on any atom is 0.246 e. The molecule has 0 bridgehead atoms. The Labute approximate surface area is 106 Å². The second-order valence-electron chi connectivity index (χ2n) is 4.45. The zero-order valence-electron chi connectivity index (χ0n) is 10.4. The Bertz CT molecular complexity index is 537. The number of aryl methyl sites for hydroxylation is 1. The lowest BCUT2D eigenvalue weighted by molar-refractivity contribution is 0.372. The van der Waals surface area contributed by atoms with E-state index >= 15 is 0 Å². The predicted molar refractivity (Wildman–Crippen MR) is 69.6 cm³/mol. The molecule has 3 rings (SSSR count). The van der Waals surface area contributed by atoms with Crippen LogP contribution < -0.4 is 10.2 Å². The molecule has 0 radical (unpaired) electrons. The summed E-state index contributed by atoms with van der Waals surface area (Å²) in [6, 6.07) is 8.33. The van der Waals surface area contributed by atoms with Crippen LogP contribution in [0.4, 0.5) is 11.4 Å². The second-order valence-corrected chi connectivity index (χ2v) is 4.45. The highest BCUT2D eigenvalue weighted by molar-refractivity contribution is 5.70. The summed E-state index contributed by atoms with van der Waals surface area (Å²) in [5, 5.41) is 7.27. The fourth-order valence-corrected chi connectivity index (χ4v) is 2.24. The van der Waals surface area contributed by atoms with Crippen LogP contribution in [0.25, 0.3) is 0 Å². The fraction of sp³-hybridized carbons (Fsp3) is 0.385. The van der Waals surface area contributed by atoms with Crippen LogP contribution in [-0.4, -0.2) is 23.2 Å². The third kappa shape index (κ3) is 2.16. The molecule has 0 saturated carbocycles. The lowest BCUT2D eigenvalue weighted by atomic mass is 10.2. The molecule has 1 aromatic carbocycles. The van der Waals surface area contributed by atoms with Gasteiger partial charge in [-0.3, -0.25) is 0 Å². The van der Waals surface area contributed by atoms with Gasteiger partial charge in [0.2, 0.25) is 5.89 Å². The van der Waals surface area contributed by atoms with Gasteiger partial charge in [0, 0.05) is 13.1 Å². The third-order valence-electron chi connectivity index (χ3n) is 3.06. The van der Waals surface area contributed by atoms with Gasteiger partial charge in [-0.15, -0.1) is 0 Å². The largest absolute Gasteiger partial charge is 0.383 e. The van der Waals surface area contributed by atoms with Gasteiger partial charge >= 0.3 is 0 Å². The highest BCUT2D eigenvalue weighted by atomic mass is 16.5. The van der Waals surface area contributed by atoms with Crippen molar-refractivity contribution in [2.24, 2.45) is 0 Å². The van der Waals surface area contributed by atoms with Crippen molar-refractivity contribution in [1.82, 2.24) is 10.1 Å². The van der Waals surface area contributed by atoms with Crippen molar-refractivity contribution in [3.05, 3.63) is 36.0 Å². The highest BCUT2D eigenvalue weighted by Gasteiger charge is 2.16. The predicted octanol–water partition coefficient (Wildman–Crippen LogP) is 2.20. The summed E-state index contributed by atoms with van der Waals surface area (Å²) >= 11 is 0. The van der Waals surface area contributed by atoms with Crippen LogP contribution >= 0.6 is 0 Å². The monoisotopic (exact) mass is 244 g/mol. The summed E-state index contributed by atoms with van der Waals surface area (Å²) in [4.78, 5) is 6.55. The van der Waals surface area contributed by atoms with E-state index in [1.54, 1.807) is 0 Å². The first-order valence-electron chi connectivity index (χ1n) is 6.20. The van der Waals surface area contributed by atoms with Crippen LogP contribution in [0.15, 0.2) is 28.8 Å². The lowest BCUT2D eigenvalue weighted by Gasteiger charge is -2.22. The van der Waals surface area contributed by atoms with Gasteiger partial charge in [0.15, 0.2) is 5.82 Å². The van der Waals surface area contributed by atoms with Crippen molar-refractivity contribution in [3.8, 4) is 0 Å². The van der Waals surface area contributed by atoms with Crippen molar-refractivity contribution in [2.75, 3.05) is 23.3 Å². The second kappa shape index (κ2) is 4.68. The Morgan fingerprint density at radius 1 is 1.39 bits per heavy atom. The molecule has 1 N–H and O–H groups in total. The van der Waals surface area contributed by atoms with E-state index in [-0.39, 0.29) is 0 Å². The number of para-hydroxylation sites is 2. The first kappa shape index (κ1) is 11.1. The molecule has 18 heavy (non-hydrogen) atoms. The molecular formula is C13H16N4O. The summed E-state index contributed by atoms with van der Waals surface area (Å²) < 4.78 is 5.20. The molecule has 94 valence electrons. The van der Waals surface area contributed by atoms with Crippen LogP contribution in [-0.2, 0) is 6.54 Å². The number of benzene rings is 1. The normalized spacial score (nSPS) is 14.8. The lowest BCUT2D eigenvalue weighted by Crippen LogP contribution is -2.23. The molecule has 0 fully saturated rings. The number of fused-ring (bicyclic) bond motifs is 1. The summed E-state index contributed by atoms with van der Waals surface area (Å²) in [6.45, 7) is 4.49. The van der Waals surface area contributed by atoms with Gasteiger partial charge in [-0.25, -0.2) is 0 Å². The Morgan fingerprint density at radius 2 is 2.28 bits per heavy atom. The Kier molecular flexibility index (Phi) is 2.88. The summed E-state index contributed by atoms with van der Waals surface area (Å²) in [7, 11) is 0. The minimum atomic E-state index is 0.666. The molecule has 1 aromatic heterocycles. The molecule has 0 spiro atoms. The Balaban J connectivity index is 1.87. The summed E-state index contributed by atoms with van der Waals surface area (Å²) in [5.41, 5.74) is 2.37. The van der Waals surface area contributed by atoms with E-state index in [0.717, 1.165) is 19.5 Å². The fourth-order valence-electron chi connectivity index (χ4n) is 2.24. The van der Waals surface area contributed by atoms with Crippen molar-refractivity contribution in [1.29, 1.82) is 0 Å². The minimum Gasteiger partial charge on any atom is -0.383 e. The first-order valence-corrected chi connectivity index (χ1v) is 6.20. The number of aromatic nitrogens is 2. The Morgan fingerprint density at radius 3 is 3.11 bits per heavy atom. The number of anilines is 2. The van der Waals surface area contributed by atoms with Crippen molar-refractivity contribution >= 4 is 11.4 Å².